The Labute approximate surface area is 125 Å². The maximum Gasteiger partial charge on any atom is 0.257 e. The second-order valence-corrected chi connectivity index (χ2v) is 5.19. The minimum atomic E-state index is 0.00357. The number of amides is 1. The monoisotopic (exact) mass is 286 g/mol. The number of nitrogens with zero attached hydrogens (tertiary/aromatic N) is 3. The number of aromatic nitrogens is 2. The Hall–Kier alpha value is -2.30. The van der Waals surface area contributed by atoms with E-state index >= 15 is 0 Å². The fraction of sp³-hybridized carbons (Fsp3) is 0.375. The van der Waals surface area contributed by atoms with E-state index < -0.39 is 0 Å². The largest absolute Gasteiger partial charge is 0.398 e. The standard InChI is InChI=1S/C16H22N4O/c1-5-20(10-13-8-6-7-9-14(13)17)16(21)15-11(2)18-19(4)12(15)3/h6-9H,5,10,17H2,1-4H3. The number of carbonyl (C=O) groups is 1. The average molecular weight is 286 g/mol. The van der Waals surface area contributed by atoms with E-state index in [4.69, 9.17) is 5.73 Å². The van der Waals surface area contributed by atoms with Gasteiger partial charge in [-0.15, -0.1) is 0 Å². The van der Waals surface area contributed by atoms with Crippen LogP contribution in [0.3, 0.4) is 0 Å². The first-order valence-electron chi connectivity index (χ1n) is 7.08. The Morgan fingerprint density at radius 2 is 2.00 bits per heavy atom. The molecular formula is C16H22N4O. The van der Waals surface area contributed by atoms with Crippen molar-refractivity contribution in [3.05, 3.63) is 46.8 Å². The van der Waals surface area contributed by atoms with E-state index in [1.165, 1.54) is 0 Å². The van der Waals surface area contributed by atoms with Crippen molar-refractivity contribution < 1.29 is 4.79 Å². The van der Waals surface area contributed by atoms with Gasteiger partial charge in [0.1, 0.15) is 0 Å². The topological polar surface area (TPSA) is 64.2 Å². The number of benzene rings is 1. The molecule has 1 heterocycles. The lowest BCUT2D eigenvalue weighted by atomic mass is 10.1. The smallest absolute Gasteiger partial charge is 0.257 e. The molecule has 0 fully saturated rings. The van der Waals surface area contributed by atoms with Crippen molar-refractivity contribution in [1.29, 1.82) is 0 Å². The van der Waals surface area contributed by atoms with Crippen molar-refractivity contribution in [2.45, 2.75) is 27.3 Å². The molecule has 5 heteroatoms. The molecule has 1 aromatic carbocycles. The number of nitrogens with two attached hydrogens (primary N) is 1. The molecule has 0 aliphatic heterocycles. The molecule has 0 saturated carbocycles. The highest BCUT2D eigenvalue weighted by Gasteiger charge is 2.22. The lowest BCUT2D eigenvalue weighted by Crippen LogP contribution is -2.31. The summed E-state index contributed by atoms with van der Waals surface area (Å²) >= 11 is 0. The predicted molar refractivity (Wildman–Crippen MR) is 84.0 cm³/mol. The van der Waals surface area contributed by atoms with Gasteiger partial charge in [0.15, 0.2) is 0 Å². The van der Waals surface area contributed by atoms with Crippen LogP contribution >= 0.6 is 0 Å². The van der Waals surface area contributed by atoms with Crippen molar-refractivity contribution in [2.24, 2.45) is 7.05 Å². The van der Waals surface area contributed by atoms with Gasteiger partial charge < -0.3 is 10.6 Å². The number of hydrogen-bond acceptors (Lipinski definition) is 3. The van der Waals surface area contributed by atoms with Gasteiger partial charge >= 0.3 is 0 Å². The molecule has 1 amide bonds. The van der Waals surface area contributed by atoms with Crippen LogP contribution in [0.5, 0.6) is 0 Å². The summed E-state index contributed by atoms with van der Waals surface area (Å²) in [5, 5.41) is 4.32. The number of anilines is 1. The molecule has 0 atom stereocenters. The minimum Gasteiger partial charge on any atom is -0.398 e. The zero-order valence-corrected chi connectivity index (χ0v) is 13.1. The first-order chi connectivity index (χ1) is 9.95. The Morgan fingerprint density at radius 1 is 1.33 bits per heavy atom. The maximum absolute atomic E-state index is 12.8. The number of hydrogen-bond donors (Lipinski definition) is 1. The van der Waals surface area contributed by atoms with Gasteiger partial charge in [0, 0.05) is 31.5 Å². The van der Waals surface area contributed by atoms with Gasteiger partial charge in [0.25, 0.3) is 5.91 Å². The highest BCUT2D eigenvalue weighted by Crippen LogP contribution is 2.18. The highest BCUT2D eigenvalue weighted by molar-refractivity contribution is 5.96. The molecule has 0 saturated heterocycles. The lowest BCUT2D eigenvalue weighted by molar-refractivity contribution is 0.0751. The molecule has 0 aliphatic carbocycles. The van der Waals surface area contributed by atoms with Crippen molar-refractivity contribution in [3.8, 4) is 0 Å². The van der Waals surface area contributed by atoms with Crippen molar-refractivity contribution >= 4 is 11.6 Å². The summed E-state index contributed by atoms with van der Waals surface area (Å²) in [6.45, 7) is 6.89. The normalized spacial score (nSPS) is 10.7. The van der Waals surface area contributed by atoms with E-state index in [0.717, 1.165) is 17.0 Å². The molecule has 0 bridgehead atoms. The summed E-state index contributed by atoms with van der Waals surface area (Å²) in [4.78, 5) is 14.6. The van der Waals surface area contributed by atoms with Crippen LogP contribution in [0.25, 0.3) is 0 Å². The minimum absolute atomic E-state index is 0.00357. The van der Waals surface area contributed by atoms with Crippen LogP contribution in [0.1, 0.15) is 34.2 Å². The van der Waals surface area contributed by atoms with E-state index in [1.54, 1.807) is 9.58 Å². The van der Waals surface area contributed by atoms with Gasteiger partial charge in [-0.05, 0) is 32.4 Å². The summed E-state index contributed by atoms with van der Waals surface area (Å²) in [5.41, 5.74) is 9.99. The van der Waals surface area contributed by atoms with Gasteiger partial charge in [-0.3, -0.25) is 9.48 Å². The van der Waals surface area contributed by atoms with E-state index in [-0.39, 0.29) is 5.91 Å². The Kier molecular flexibility index (Phi) is 4.31. The van der Waals surface area contributed by atoms with Gasteiger partial charge in [-0.25, -0.2) is 0 Å². The third-order valence-corrected chi connectivity index (χ3v) is 3.81. The molecule has 1 aromatic heterocycles. The molecule has 0 unspecified atom stereocenters. The summed E-state index contributed by atoms with van der Waals surface area (Å²) in [7, 11) is 1.85. The van der Waals surface area contributed by atoms with Crippen molar-refractivity contribution in [1.82, 2.24) is 14.7 Å². The number of carbonyl (C=O) groups excluding carboxylic acids is 1. The van der Waals surface area contributed by atoms with Crippen molar-refractivity contribution in [2.75, 3.05) is 12.3 Å². The quantitative estimate of drug-likeness (QED) is 0.877. The number of rotatable bonds is 4. The zero-order chi connectivity index (χ0) is 15.6. The Bertz CT molecular complexity index is 660. The lowest BCUT2D eigenvalue weighted by Gasteiger charge is -2.22. The number of aryl methyl sites for hydroxylation is 2. The SMILES string of the molecule is CCN(Cc1ccccc1N)C(=O)c1c(C)nn(C)c1C. The van der Waals surface area contributed by atoms with E-state index in [2.05, 4.69) is 5.10 Å². The van der Waals surface area contributed by atoms with Crippen molar-refractivity contribution in [3.63, 3.8) is 0 Å². The molecule has 0 spiro atoms. The molecule has 2 N–H and O–H groups in total. The Balaban J connectivity index is 2.29. The van der Waals surface area contributed by atoms with Crippen LogP contribution in [-0.4, -0.2) is 27.1 Å². The summed E-state index contributed by atoms with van der Waals surface area (Å²) in [6.07, 6.45) is 0. The van der Waals surface area contributed by atoms with Crippen LogP contribution in [0.2, 0.25) is 0 Å². The van der Waals surface area contributed by atoms with Crippen LogP contribution in [0.4, 0.5) is 5.69 Å². The average Bonchev–Trinajstić information content (AvgIpc) is 2.70. The van der Waals surface area contributed by atoms with E-state index in [9.17, 15) is 4.79 Å². The Morgan fingerprint density at radius 3 is 2.52 bits per heavy atom. The summed E-state index contributed by atoms with van der Waals surface area (Å²) in [5.74, 6) is 0.00357. The highest BCUT2D eigenvalue weighted by atomic mass is 16.2. The zero-order valence-electron chi connectivity index (χ0n) is 13.1. The molecule has 0 radical (unpaired) electrons. The predicted octanol–water partition coefficient (Wildman–Crippen LogP) is 2.28. The van der Waals surface area contributed by atoms with Crippen LogP contribution in [0.15, 0.2) is 24.3 Å². The first-order valence-corrected chi connectivity index (χ1v) is 7.08. The molecular weight excluding hydrogens is 264 g/mol. The number of para-hydroxylation sites is 1. The van der Waals surface area contributed by atoms with Gasteiger partial charge in [0.2, 0.25) is 0 Å². The fourth-order valence-corrected chi connectivity index (χ4v) is 2.45. The van der Waals surface area contributed by atoms with E-state index in [0.29, 0.717) is 24.3 Å². The molecule has 2 rings (SSSR count). The van der Waals surface area contributed by atoms with Crippen LogP contribution in [-0.2, 0) is 13.6 Å². The second-order valence-electron chi connectivity index (χ2n) is 5.19. The van der Waals surface area contributed by atoms with Gasteiger partial charge in [-0.1, -0.05) is 18.2 Å². The number of nitrogen functional groups attached to an aromatic ring is 1. The van der Waals surface area contributed by atoms with Crippen LogP contribution < -0.4 is 5.73 Å². The summed E-state index contributed by atoms with van der Waals surface area (Å²) in [6, 6.07) is 7.64. The van der Waals surface area contributed by atoms with Gasteiger partial charge in [-0.2, -0.15) is 5.10 Å². The second kappa shape index (κ2) is 5.99. The molecule has 0 aliphatic rings. The molecule has 2 aromatic rings. The third kappa shape index (κ3) is 2.91. The van der Waals surface area contributed by atoms with E-state index in [1.807, 2.05) is 52.1 Å². The molecule has 21 heavy (non-hydrogen) atoms. The third-order valence-electron chi connectivity index (χ3n) is 3.81. The summed E-state index contributed by atoms with van der Waals surface area (Å²) < 4.78 is 1.74. The first kappa shape index (κ1) is 15.1. The maximum atomic E-state index is 12.8. The molecule has 112 valence electrons. The molecule has 5 nitrogen and oxygen atoms in total. The van der Waals surface area contributed by atoms with Gasteiger partial charge in [0.05, 0.1) is 11.3 Å². The fourth-order valence-electron chi connectivity index (χ4n) is 2.45. The van der Waals surface area contributed by atoms with Crippen LogP contribution in [0, 0.1) is 13.8 Å².